The molecule has 0 aliphatic carbocycles. The minimum atomic E-state index is 0.0368. The molecule has 0 atom stereocenters. The summed E-state index contributed by atoms with van der Waals surface area (Å²) in [5, 5.41) is 0. The first kappa shape index (κ1) is 16.0. The van der Waals surface area contributed by atoms with Crippen LogP contribution < -0.4 is 0 Å². The minimum Gasteiger partial charge on any atom is -0.348 e. The molecule has 0 radical (unpaired) electrons. The lowest BCUT2D eigenvalue weighted by molar-refractivity contribution is -0.135. The topological polar surface area (TPSA) is 43.9 Å². The molecule has 5 nitrogen and oxygen atoms in total. The van der Waals surface area contributed by atoms with Gasteiger partial charge in [-0.05, 0) is 5.41 Å². The quantitative estimate of drug-likeness (QED) is 0.756. The monoisotopic (exact) mass is 269 g/mol. The number of hydrogen-bond acceptors (Lipinski definition) is 3. The van der Waals surface area contributed by atoms with E-state index in [9.17, 15) is 9.59 Å². The standard InChI is InChI=1S/C14H27N3O2/c1-14(2,3)10-12(18)17-8-6-16(7-9-17)11-13(19)15(4)5/h6-11H2,1-5H3. The summed E-state index contributed by atoms with van der Waals surface area (Å²) in [6.07, 6.45) is 0.587. The molecule has 0 aromatic rings. The van der Waals surface area contributed by atoms with Gasteiger partial charge in [-0.15, -0.1) is 0 Å². The van der Waals surface area contributed by atoms with Gasteiger partial charge in [0.15, 0.2) is 0 Å². The second-order valence-corrected chi connectivity index (χ2v) is 6.68. The van der Waals surface area contributed by atoms with Crippen LogP contribution in [-0.4, -0.2) is 73.3 Å². The highest BCUT2D eigenvalue weighted by molar-refractivity contribution is 5.78. The highest BCUT2D eigenvalue weighted by Gasteiger charge is 2.25. The molecule has 5 heteroatoms. The van der Waals surface area contributed by atoms with Crippen LogP contribution in [0.1, 0.15) is 27.2 Å². The molecule has 0 aromatic heterocycles. The van der Waals surface area contributed by atoms with E-state index in [2.05, 4.69) is 25.7 Å². The van der Waals surface area contributed by atoms with Crippen molar-refractivity contribution in [2.24, 2.45) is 5.41 Å². The van der Waals surface area contributed by atoms with Gasteiger partial charge in [0.1, 0.15) is 0 Å². The molecule has 110 valence electrons. The van der Waals surface area contributed by atoms with E-state index in [1.165, 1.54) is 0 Å². The Balaban J connectivity index is 2.37. The number of hydrogen-bond donors (Lipinski definition) is 0. The third-order valence-electron chi connectivity index (χ3n) is 3.26. The van der Waals surface area contributed by atoms with Crippen LogP contribution >= 0.6 is 0 Å². The summed E-state index contributed by atoms with van der Waals surface area (Å²) in [6, 6.07) is 0. The Morgan fingerprint density at radius 1 is 1.05 bits per heavy atom. The Morgan fingerprint density at radius 3 is 2.00 bits per heavy atom. The molecule has 0 bridgehead atoms. The van der Waals surface area contributed by atoms with E-state index >= 15 is 0 Å². The van der Waals surface area contributed by atoms with Crippen molar-refractivity contribution in [1.29, 1.82) is 0 Å². The summed E-state index contributed by atoms with van der Waals surface area (Å²) < 4.78 is 0. The van der Waals surface area contributed by atoms with E-state index < -0.39 is 0 Å². The van der Waals surface area contributed by atoms with Gasteiger partial charge in [0.05, 0.1) is 6.54 Å². The average molecular weight is 269 g/mol. The molecule has 1 fully saturated rings. The summed E-state index contributed by atoms with van der Waals surface area (Å²) in [5.74, 6) is 0.348. The summed E-state index contributed by atoms with van der Waals surface area (Å²) in [7, 11) is 3.54. The van der Waals surface area contributed by atoms with Crippen molar-refractivity contribution in [1.82, 2.24) is 14.7 Å². The largest absolute Gasteiger partial charge is 0.348 e. The van der Waals surface area contributed by atoms with E-state index in [0.717, 1.165) is 26.2 Å². The lowest BCUT2D eigenvalue weighted by atomic mass is 9.91. The van der Waals surface area contributed by atoms with Gasteiger partial charge in [-0.3, -0.25) is 14.5 Å². The molecule has 1 aliphatic rings. The molecule has 1 heterocycles. The van der Waals surface area contributed by atoms with Crippen LogP contribution in [0.3, 0.4) is 0 Å². The minimum absolute atomic E-state index is 0.0368. The number of rotatable bonds is 3. The maximum Gasteiger partial charge on any atom is 0.236 e. The van der Waals surface area contributed by atoms with Crippen LogP contribution in [0.2, 0.25) is 0 Å². The Bertz CT molecular complexity index is 326. The fourth-order valence-corrected chi connectivity index (χ4v) is 2.05. The molecule has 0 N–H and O–H groups in total. The van der Waals surface area contributed by atoms with Crippen molar-refractivity contribution in [2.45, 2.75) is 27.2 Å². The fraction of sp³-hybridized carbons (Fsp3) is 0.857. The van der Waals surface area contributed by atoms with Gasteiger partial charge in [-0.25, -0.2) is 0 Å². The van der Waals surface area contributed by atoms with Crippen molar-refractivity contribution < 1.29 is 9.59 Å². The summed E-state index contributed by atoms with van der Waals surface area (Å²) in [4.78, 5) is 29.3. The number of carbonyl (C=O) groups is 2. The molecule has 0 spiro atoms. The second kappa shape index (κ2) is 6.37. The molecule has 1 aliphatic heterocycles. The Kier molecular flexibility index (Phi) is 5.35. The maximum absolute atomic E-state index is 12.1. The number of piperazine rings is 1. The van der Waals surface area contributed by atoms with Gasteiger partial charge in [-0.2, -0.15) is 0 Å². The van der Waals surface area contributed by atoms with Crippen molar-refractivity contribution in [3.05, 3.63) is 0 Å². The van der Waals surface area contributed by atoms with Crippen LogP contribution in [0, 0.1) is 5.41 Å². The molecular formula is C14H27N3O2. The number of nitrogens with zero attached hydrogens (tertiary/aromatic N) is 3. The van der Waals surface area contributed by atoms with Crippen molar-refractivity contribution in [3.63, 3.8) is 0 Å². The predicted octanol–water partition coefficient (Wildman–Crippen LogP) is 0.655. The van der Waals surface area contributed by atoms with Crippen LogP contribution in [0.4, 0.5) is 0 Å². The van der Waals surface area contributed by atoms with E-state index in [-0.39, 0.29) is 17.2 Å². The maximum atomic E-state index is 12.1. The van der Waals surface area contributed by atoms with Gasteiger partial charge in [0.2, 0.25) is 11.8 Å². The van der Waals surface area contributed by atoms with E-state index in [1.54, 1.807) is 19.0 Å². The van der Waals surface area contributed by atoms with Crippen LogP contribution in [0.5, 0.6) is 0 Å². The Labute approximate surface area is 116 Å². The van der Waals surface area contributed by atoms with Crippen LogP contribution in [-0.2, 0) is 9.59 Å². The first-order valence-electron chi connectivity index (χ1n) is 6.89. The third-order valence-corrected chi connectivity index (χ3v) is 3.26. The van der Waals surface area contributed by atoms with Gasteiger partial charge in [-0.1, -0.05) is 20.8 Å². The van der Waals surface area contributed by atoms with E-state index in [4.69, 9.17) is 0 Å². The molecule has 19 heavy (non-hydrogen) atoms. The summed E-state index contributed by atoms with van der Waals surface area (Å²) in [6.45, 7) is 9.73. The van der Waals surface area contributed by atoms with E-state index in [0.29, 0.717) is 13.0 Å². The zero-order valence-corrected chi connectivity index (χ0v) is 12.9. The SMILES string of the molecule is CN(C)C(=O)CN1CCN(C(=O)CC(C)(C)C)CC1. The van der Waals surface area contributed by atoms with Crippen molar-refractivity contribution >= 4 is 11.8 Å². The van der Waals surface area contributed by atoms with Gasteiger partial charge in [0.25, 0.3) is 0 Å². The van der Waals surface area contributed by atoms with Gasteiger partial charge in [0, 0.05) is 46.7 Å². The highest BCUT2D eigenvalue weighted by atomic mass is 16.2. The van der Waals surface area contributed by atoms with Crippen LogP contribution in [0.15, 0.2) is 0 Å². The molecule has 0 saturated carbocycles. The van der Waals surface area contributed by atoms with Gasteiger partial charge < -0.3 is 9.80 Å². The zero-order chi connectivity index (χ0) is 14.6. The lowest BCUT2D eigenvalue weighted by Gasteiger charge is -2.35. The van der Waals surface area contributed by atoms with E-state index in [1.807, 2.05) is 4.90 Å². The molecule has 2 amide bonds. The molecule has 1 saturated heterocycles. The number of amides is 2. The average Bonchev–Trinajstić information content (AvgIpc) is 2.27. The number of likely N-dealkylation sites (N-methyl/N-ethyl adjacent to an activating group) is 1. The third kappa shape index (κ3) is 5.59. The van der Waals surface area contributed by atoms with Gasteiger partial charge >= 0.3 is 0 Å². The predicted molar refractivity (Wildman–Crippen MR) is 75.8 cm³/mol. The molecule has 0 unspecified atom stereocenters. The van der Waals surface area contributed by atoms with Crippen LogP contribution in [0.25, 0.3) is 0 Å². The normalized spacial score (nSPS) is 17.4. The Hall–Kier alpha value is -1.10. The smallest absolute Gasteiger partial charge is 0.236 e. The second-order valence-electron chi connectivity index (χ2n) is 6.68. The first-order chi connectivity index (χ1) is 8.69. The van der Waals surface area contributed by atoms with Crippen molar-refractivity contribution in [3.8, 4) is 0 Å². The number of carbonyl (C=O) groups excluding carboxylic acids is 2. The summed E-state index contributed by atoms with van der Waals surface area (Å²) in [5.41, 5.74) is 0.0368. The molecular weight excluding hydrogens is 242 g/mol. The zero-order valence-electron chi connectivity index (χ0n) is 12.9. The highest BCUT2D eigenvalue weighted by Crippen LogP contribution is 2.20. The van der Waals surface area contributed by atoms with Crippen molar-refractivity contribution in [2.75, 3.05) is 46.8 Å². The molecule has 1 rings (SSSR count). The lowest BCUT2D eigenvalue weighted by Crippen LogP contribution is -2.51. The fourth-order valence-electron chi connectivity index (χ4n) is 2.05. The summed E-state index contributed by atoms with van der Waals surface area (Å²) >= 11 is 0. The first-order valence-corrected chi connectivity index (χ1v) is 6.89. The Morgan fingerprint density at radius 2 is 1.58 bits per heavy atom. The molecule has 0 aromatic carbocycles.